The number of nitrogens with zero attached hydrogens (tertiary/aromatic N) is 4. The van der Waals surface area contributed by atoms with Crippen LogP contribution in [0.2, 0.25) is 0 Å². The van der Waals surface area contributed by atoms with Gasteiger partial charge in [0.1, 0.15) is 5.82 Å². The molecule has 0 amide bonds. The summed E-state index contributed by atoms with van der Waals surface area (Å²) < 4.78 is 2.32. The predicted octanol–water partition coefficient (Wildman–Crippen LogP) is 3.78. The highest BCUT2D eigenvalue weighted by atomic mass is 15.2. The first-order valence-electron chi connectivity index (χ1n) is 11.1. The van der Waals surface area contributed by atoms with Gasteiger partial charge in [-0.05, 0) is 61.4 Å². The van der Waals surface area contributed by atoms with E-state index in [-0.39, 0.29) is 0 Å². The molecule has 6 nitrogen and oxygen atoms in total. The van der Waals surface area contributed by atoms with Gasteiger partial charge in [0.05, 0.1) is 6.54 Å². The largest absolute Gasteiger partial charge is 0.357 e. The minimum Gasteiger partial charge on any atom is -0.357 e. The Bertz CT molecular complexity index is 970. The number of fused-ring (bicyclic) bond motifs is 1. The fraction of sp³-hybridized carbons (Fsp3) is 0.417. The summed E-state index contributed by atoms with van der Waals surface area (Å²) in [5.41, 5.74) is 2.49. The van der Waals surface area contributed by atoms with Crippen LogP contribution in [0.3, 0.4) is 0 Å². The molecule has 4 rings (SSSR count). The second-order valence-corrected chi connectivity index (χ2v) is 7.76. The Morgan fingerprint density at radius 2 is 1.97 bits per heavy atom. The number of aromatic nitrogens is 2. The molecule has 0 bridgehead atoms. The highest BCUT2D eigenvalue weighted by Gasteiger charge is 2.13. The zero-order valence-electron chi connectivity index (χ0n) is 17.8. The standard InChI is InChI=1S/C24H32N6/c1-2-25-24(27-12-7-16-29-17-11-21-8-3-4-9-22(21)29)28-19-20-10-13-26-23(18-20)30-14-5-6-15-30/h3-4,8-11,13,17-18H,2,5-7,12,14-16,19H2,1H3,(H2,25,27,28). The molecule has 1 aliphatic heterocycles. The summed E-state index contributed by atoms with van der Waals surface area (Å²) in [6.45, 7) is 7.70. The topological polar surface area (TPSA) is 57.5 Å². The maximum atomic E-state index is 4.78. The predicted molar refractivity (Wildman–Crippen MR) is 125 cm³/mol. The fourth-order valence-corrected chi connectivity index (χ4v) is 3.98. The van der Waals surface area contributed by atoms with Crippen molar-refractivity contribution in [2.24, 2.45) is 4.99 Å². The molecule has 30 heavy (non-hydrogen) atoms. The van der Waals surface area contributed by atoms with E-state index in [1.807, 2.05) is 6.20 Å². The number of guanidine groups is 1. The van der Waals surface area contributed by atoms with Crippen LogP contribution in [-0.4, -0.2) is 41.7 Å². The van der Waals surface area contributed by atoms with Crippen LogP contribution in [0.25, 0.3) is 10.9 Å². The molecule has 158 valence electrons. The first kappa shape index (κ1) is 20.3. The average Bonchev–Trinajstić information content (AvgIpc) is 3.46. The summed E-state index contributed by atoms with van der Waals surface area (Å²) in [6, 6.07) is 14.9. The summed E-state index contributed by atoms with van der Waals surface area (Å²) in [5, 5.41) is 8.12. The summed E-state index contributed by atoms with van der Waals surface area (Å²) in [7, 11) is 0. The van der Waals surface area contributed by atoms with Gasteiger partial charge >= 0.3 is 0 Å². The number of pyridine rings is 1. The second-order valence-electron chi connectivity index (χ2n) is 7.76. The van der Waals surface area contributed by atoms with Gasteiger partial charge in [-0.1, -0.05) is 18.2 Å². The van der Waals surface area contributed by atoms with E-state index in [1.54, 1.807) is 0 Å². The van der Waals surface area contributed by atoms with Crippen LogP contribution in [0.1, 0.15) is 31.7 Å². The number of nitrogens with one attached hydrogen (secondary N) is 2. The molecule has 0 atom stereocenters. The molecule has 0 radical (unpaired) electrons. The maximum absolute atomic E-state index is 4.78. The first-order chi connectivity index (χ1) is 14.8. The average molecular weight is 405 g/mol. The van der Waals surface area contributed by atoms with Crippen molar-refractivity contribution < 1.29 is 0 Å². The Kier molecular flexibility index (Phi) is 6.85. The van der Waals surface area contributed by atoms with Crippen molar-refractivity contribution in [3.8, 4) is 0 Å². The molecule has 0 spiro atoms. The Labute approximate surface area is 179 Å². The van der Waals surface area contributed by atoms with Gasteiger partial charge in [0.25, 0.3) is 0 Å². The molecule has 1 aliphatic rings. The second kappa shape index (κ2) is 10.1. The van der Waals surface area contributed by atoms with Gasteiger partial charge in [-0.3, -0.25) is 0 Å². The van der Waals surface area contributed by atoms with Crippen molar-refractivity contribution in [1.29, 1.82) is 0 Å². The van der Waals surface area contributed by atoms with Gasteiger partial charge in [-0.15, -0.1) is 0 Å². The van der Waals surface area contributed by atoms with E-state index < -0.39 is 0 Å². The molecule has 0 saturated carbocycles. The lowest BCUT2D eigenvalue weighted by atomic mass is 10.2. The van der Waals surface area contributed by atoms with Crippen molar-refractivity contribution >= 4 is 22.7 Å². The van der Waals surface area contributed by atoms with Crippen LogP contribution < -0.4 is 15.5 Å². The zero-order valence-corrected chi connectivity index (χ0v) is 17.8. The fourth-order valence-electron chi connectivity index (χ4n) is 3.98. The maximum Gasteiger partial charge on any atom is 0.191 e. The Hall–Kier alpha value is -3.02. The molecule has 1 aromatic carbocycles. The lowest BCUT2D eigenvalue weighted by Crippen LogP contribution is -2.38. The molecule has 3 heterocycles. The molecular formula is C24H32N6. The molecule has 1 fully saturated rings. The number of anilines is 1. The van der Waals surface area contributed by atoms with Crippen LogP contribution >= 0.6 is 0 Å². The summed E-state index contributed by atoms with van der Waals surface area (Å²) in [4.78, 5) is 11.7. The van der Waals surface area contributed by atoms with Crippen molar-refractivity contribution in [3.63, 3.8) is 0 Å². The third-order valence-corrected chi connectivity index (χ3v) is 5.55. The van der Waals surface area contributed by atoms with Crippen LogP contribution in [0.5, 0.6) is 0 Å². The van der Waals surface area contributed by atoms with Crippen molar-refractivity contribution in [3.05, 3.63) is 60.4 Å². The lowest BCUT2D eigenvalue weighted by Gasteiger charge is -2.16. The number of rotatable bonds is 8. The van der Waals surface area contributed by atoms with E-state index in [0.29, 0.717) is 6.54 Å². The third kappa shape index (κ3) is 5.12. The lowest BCUT2D eigenvalue weighted by molar-refractivity contribution is 0.641. The van der Waals surface area contributed by atoms with E-state index in [2.05, 4.69) is 80.7 Å². The molecule has 1 saturated heterocycles. The van der Waals surface area contributed by atoms with Gasteiger partial charge in [0.15, 0.2) is 5.96 Å². The van der Waals surface area contributed by atoms with E-state index in [9.17, 15) is 0 Å². The summed E-state index contributed by atoms with van der Waals surface area (Å²) >= 11 is 0. The monoisotopic (exact) mass is 404 g/mol. The third-order valence-electron chi connectivity index (χ3n) is 5.55. The number of benzene rings is 1. The first-order valence-corrected chi connectivity index (χ1v) is 11.1. The quantitative estimate of drug-likeness (QED) is 0.341. The van der Waals surface area contributed by atoms with E-state index in [4.69, 9.17) is 4.99 Å². The zero-order chi connectivity index (χ0) is 20.6. The molecular weight excluding hydrogens is 372 g/mol. The van der Waals surface area contributed by atoms with Crippen molar-refractivity contribution in [1.82, 2.24) is 20.2 Å². The van der Waals surface area contributed by atoms with Crippen molar-refractivity contribution in [2.45, 2.75) is 39.3 Å². The normalized spacial score (nSPS) is 14.4. The molecule has 2 aromatic heterocycles. The van der Waals surface area contributed by atoms with E-state index in [0.717, 1.165) is 50.9 Å². The molecule has 3 aromatic rings. The molecule has 0 unspecified atom stereocenters. The number of aliphatic imine (C=N–C) groups is 1. The minimum atomic E-state index is 0.654. The van der Waals surface area contributed by atoms with Crippen LogP contribution in [-0.2, 0) is 13.1 Å². The number of hydrogen-bond donors (Lipinski definition) is 2. The SMILES string of the molecule is CCNC(=NCc1ccnc(N2CCCC2)c1)NCCCn1ccc2ccccc21. The van der Waals surface area contributed by atoms with Gasteiger partial charge < -0.3 is 20.1 Å². The van der Waals surface area contributed by atoms with Gasteiger partial charge in [-0.25, -0.2) is 9.98 Å². The van der Waals surface area contributed by atoms with Crippen LogP contribution in [0.4, 0.5) is 5.82 Å². The molecule has 0 aliphatic carbocycles. The van der Waals surface area contributed by atoms with Gasteiger partial charge in [0.2, 0.25) is 0 Å². The van der Waals surface area contributed by atoms with Crippen LogP contribution in [0.15, 0.2) is 59.9 Å². The highest BCUT2D eigenvalue weighted by molar-refractivity contribution is 5.80. The Morgan fingerprint density at radius 3 is 2.83 bits per heavy atom. The van der Waals surface area contributed by atoms with Crippen LogP contribution in [0, 0.1) is 0 Å². The van der Waals surface area contributed by atoms with E-state index in [1.165, 1.54) is 29.3 Å². The molecule has 2 N–H and O–H groups in total. The number of aryl methyl sites for hydroxylation is 1. The van der Waals surface area contributed by atoms with Gasteiger partial charge in [-0.2, -0.15) is 0 Å². The summed E-state index contributed by atoms with van der Waals surface area (Å²) in [6.07, 6.45) is 7.64. The minimum absolute atomic E-state index is 0.654. The van der Waals surface area contributed by atoms with Gasteiger partial charge in [0, 0.05) is 50.6 Å². The number of hydrogen-bond acceptors (Lipinski definition) is 3. The summed E-state index contributed by atoms with van der Waals surface area (Å²) in [5.74, 6) is 1.95. The highest BCUT2D eigenvalue weighted by Crippen LogP contribution is 2.19. The Morgan fingerprint density at radius 1 is 1.10 bits per heavy atom. The number of para-hydroxylation sites is 1. The van der Waals surface area contributed by atoms with Crippen molar-refractivity contribution in [2.75, 3.05) is 31.1 Å². The smallest absolute Gasteiger partial charge is 0.191 e. The molecule has 6 heteroatoms. The Balaban J connectivity index is 1.30. The van der Waals surface area contributed by atoms with E-state index >= 15 is 0 Å².